The van der Waals surface area contributed by atoms with Crippen molar-refractivity contribution in [3.63, 3.8) is 0 Å². The van der Waals surface area contributed by atoms with E-state index in [9.17, 15) is 14.3 Å². The Hall–Kier alpha value is -3.61. The van der Waals surface area contributed by atoms with Gasteiger partial charge in [0.05, 0.1) is 11.1 Å². The number of fused-ring (bicyclic) bond motifs is 3. The Balaban J connectivity index is 1.96. The van der Waals surface area contributed by atoms with E-state index < -0.39 is 5.97 Å². The van der Waals surface area contributed by atoms with E-state index >= 15 is 0 Å². The van der Waals surface area contributed by atoms with Crippen molar-refractivity contribution in [2.75, 3.05) is 5.32 Å². The van der Waals surface area contributed by atoms with Crippen molar-refractivity contribution in [1.82, 2.24) is 15.0 Å². The lowest BCUT2D eigenvalue weighted by Gasteiger charge is -2.11. The van der Waals surface area contributed by atoms with Crippen molar-refractivity contribution in [2.24, 2.45) is 0 Å². The summed E-state index contributed by atoms with van der Waals surface area (Å²) >= 11 is 0. The number of aromatic carboxylic acids is 1. The first-order valence-electron chi connectivity index (χ1n) is 7.41. The third-order valence-corrected chi connectivity index (χ3v) is 3.79. The molecule has 2 N–H and O–H groups in total. The first-order valence-corrected chi connectivity index (χ1v) is 7.41. The van der Waals surface area contributed by atoms with E-state index in [0.29, 0.717) is 22.5 Å². The molecule has 6 nitrogen and oxygen atoms in total. The van der Waals surface area contributed by atoms with E-state index in [1.165, 1.54) is 30.6 Å². The third kappa shape index (κ3) is 2.72. The second kappa shape index (κ2) is 5.79. The molecule has 2 aromatic carbocycles. The lowest BCUT2D eigenvalue weighted by molar-refractivity contribution is 0.0697. The van der Waals surface area contributed by atoms with Crippen LogP contribution in [0, 0.1) is 5.82 Å². The van der Waals surface area contributed by atoms with Crippen LogP contribution >= 0.6 is 0 Å². The van der Waals surface area contributed by atoms with E-state index in [-0.39, 0.29) is 11.4 Å². The van der Waals surface area contributed by atoms with E-state index in [2.05, 4.69) is 20.3 Å². The summed E-state index contributed by atoms with van der Waals surface area (Å²) in [5.41, 5.74) is 1.70. The molecule has 2 aromatic heterocycles. The van der Waals surface area contributed by atoms with Gasteiger partial charge in [0.1, 0.15) is 17.7 Å². The maximum Gasteiger partial charge on any atom is 0.335 e. The molecule has 0 atom stereocenters. The van der Waals surface area contributed by atoms with Crippen LogP contribution in [0.2, 0.25) is 0 Å². The zero-order valence-corrected chi connectivity index (χ0v) is 12.8. The average molecular weight is 334 g/mol. The molecule has 4 aromatic rings. The number of hydrogen-bond acceptors (Lipinski definition) is 5. The highest BCUT2D eigenvalue weighted by Gasteiger charge is 2.12. The summed E-state index contributed by atoms with van der Waals surface area (Å²) < 4.78 is 13.4. The fourth-order valence-corrected chi connectivity index (χ4v) is 2.66. The number of anilines is 2. The molecule has 2 heterocycles. The summed E-state index contributed by atoms with van der Waals surface area (Å²) in [6.07, 6.45) is 3.04. The largest absolute Gasteiger partial charge is 0.478 e. The van der Waals surface area contributed by atoms with Gasteiger partial charge >= 0.3 is 5.97 Å². The first-order chi connectivity index (χ1) is 12.1. The number of carboxylic acid groups (broad SMARTS) is 1. The number of carboxylic acids is 1. The molecule has 0 spiro atoms. The van der Waals surface area contributed by atoms with Gasteiger partial charge in [-0.3, -0.25) is 0 Å². The molecule has 0 aliphatic heterocycles. The van der Waals surface area contributed by atoms with Gasteiger partial charge in [-0.1, -0.05) is 12.1 Å². The van der Waals surface area contributed by atoms with E-state index in [1.807, 2.05) is 0 Å². The molecule has 7 heteroatoms. The lowest BCUT2D eigenvalue weighted by atomic mass is 10.1. The van der Waals surface area contributed by atoms with Gasteiger partial charge in [0.2, 0.25) is 0 Å². The molecule has 0 unspecified atom stereocenters. The molecule has 4 rings (SSSR count). The number of carbonyl (C=O) groups is 1. The quantitative estimate of drug-likeness (QED) is 0.555. The summed E-state index contributed by atoms with van der Waals surface area (Å²) in [6.45, 7) is 0. The van der Waals surface area contributed by atoms with Crippen molar-refractivity contribution in [3.05, 3.63) is 66.4 Å². The number of benzene rings is 2. The highest BCUT2D eigenvalue weighted by molar-refractivity contribution is 6.09. The van der Waals surface area contributed by atoms with E-state index in [0.717, 1.165) is 10.8 Å². The first kappa shape index (κ1) is 14.9. The van der Waals surface area contributed by atoms with Crippen molar-refractivity contribution in [1.29, 1.82) is 0 Å². The fraction of sp³-hybridized carbons (Fsp3) is 0. The Labute approximate surface area is 141 Å². The van der Waals surface area contributed by atoms with Gasteiger partial charge in [-0.15, -0.1) is 0 Å². The van der Waals surface area contributed by atoms with Crippen LogP contribution in [0.1, 0.15) is 10.4 Å². The summed E-state index contributed by atoms with van der Waals surface area (Å²) in [4.78, 5) is 24.0. The molecule has 0 aliphatic rings. The van der Waals surface area contributed by atoms with Gasteiger partial charge < -0.3 is 10.4 Å². The summed E-state index contributed by atoms with van der Waals surface area (Å²) in [5.74, 6) is -1.01. The average Bonchev–Trinajstić information content (AvgIpc) is 2.61. The molecule has 0 amide bonds. The molecule has 0 bridgehead atoms. The van der Waals surface area contributed by atoms with Gasteiger partial charge in [-0.2, -0.15) is 0 Å². The maximum absolute atomic E-state index is 13.4. The van der Waals surface area contributed by atoms with Crippen LogP contribution in [0.5, 0.6) is 0 Å². The van der Waals surface area contributed by atoms with Gasteiger partial charge in [0.25, 0.3) is 0 Å². The van der Waals surface area contributed by atoms with Crippen LogP contribution in [-0.4, -0.2) is 26.0 Å². The zero-order valence-electron chi connectivity index (χ0n) is 12.8. The highest BCUT2D eigenvalue weighted by Crippen LogP contribution is 2.29. The molecular weight excluding hydrogens is 323 g/mol. The van der Waals surface area contributed by atoms with Gasteiger partial charge in [-0.25, -0.2) is 24.1 Å². The number of pyridine rings is 1. The molecule has 0 saturated heterocycles. The second-order valence-electron chi connectivity index (χ2n) is 5.42. The summed E-state index contributed by atoms with van der Waals surface area (Å²) in [5, 5.41) is 13.7. The van der Waals surface area contributed by atoms with Gasteiger partial charge in [-0.05, 0) is 30.3 Å². The summed E-state index contributed by atoms with van der Waals surface area (Å²) in [6, 6.07) is 10.7. The standard InChI is InChI=1S/C18H11FN4O2/c19-11-2-1-3-12(7-11)22-17-16-14(8-20-9-21-16)13-5-4-10(18(24)25)6-15(13)23-17/h1-9H,(H,22,23)(H,24,25). The van der Waals surface area contributed by atoms with Gasteiger partial charge in [0, 0.05) is 22.7 Å². The van der Waals surface area contributed by atoms with Crippen LogP contribution in [0.15, 0.2) is 55.0 Å². The Kier molecular flexibility index (Phi) is 3.46. The molecule has 0 fully saturated rings. The number of halogens is 1. The maximum atomic E-state index is 13.4. The molecular formula is C18H11FN4O2. The van der Waals surface area contributed by atoms with Crippen molar-refractivity contribution in [2.45, 2.75) is 0 Å². The Morgan fingerprint density at radius 3 is 2.80 bits per heavy atom. The van der Waals surface area contributed by atoms with Crippen LogP contribution in [0.4, 0.5) is 15.9 Å². The minimum Gasteiger partial charge on any atom is -0.478 e. The molecule has 0 aliphatic carbocycles. The van der Waals surface area contributed by atoms with Crippen LogP contribution < -0.4 is 5.32 Å². The highest BCUT2D eigenvalue weighted by atomic mass is 19.1. The van der Waals surface area contributed by atoms with E-state index in [1.54, 1.807) is 24.4 Å². The number of hydrogen-bond donors (Lipinski definition) is 2. The lowest BCUT2D eigenvalue weighted by Crippen LogP contribution is -2.00. The van der Waals surface area contributed by atoms with Gasteiger partial charge in [0.15, 0.2) is 5.82 Å². The van der Waals surface area contributed by atoms with Crippen molar-refractivity contribution < 1.29 is 14.3 Å². The number of aromatic nitrogens is 3. The summed E-state index contributed by atoms with van der Waals surface area (Å²) in [7, 11) is 0. The predicted molar refractivity (Wildman–Crippen MR) is 91.5 cm³/mol. The minimum atomic E-state index is -1.03. The van der Waals surface area contributed by atoms with E-state index in [4.69, 9.17) is 0 Å². The molecule has 0 radical (unpaired) electrons. The number of rotatable bonds is 3. The number of nitrogens with one attached hydrogen (secondary N) is 1. The SMILES string of the molecule is O=C(O)c1ccc2c(c1)nc(Nc1cccc(F)c1)c1ncncc12. The van der Waals surface area contributed by atoms with Crippen LogP contribution in [0.25, 0.3) is 21.8 Å². The molecule has 122 valence electrons. The van der Waals surface area contributed by atoms with Crippen molar-refractivity contribution in [3.8, 4) is 0 Å². The second-order valence-corrected chi connectivity index (χ2v) is 5.42. The monoisotopic (exact) mass is 334 g/mol. The number of nitrogens with zero attached hydrogens (tertiary/aromatic N) is 3. The normalized spacial score (nSPS) is 10.9. The zero-order chi connectivity index (χ0) is 17.4. The minimum absolute atomic E-state index is 0.132. The Morgan fingerprint density at radius 1 is 1.12 bits per heavy atom. The van der Waals surface area contributed by atoms with Crippen LogP contribution in [-0.2, 0) is 0 Å². The topological polar surface area (TPSA) is 88.0 Å². The molecule has 25 heavy (non-hydrogen) atoms. The third-order valence-electron chi connectivity index (χ3n) is 3.79. The predicted octanol–water partition coefficient (Wildman–Crippen LogP) is 3.76. The Bertz CT molecular complexity index is 1130. The smallest absolute Gasteiger partial charge is 0.335 e. The van der Waals surface area contributed by atoms with Crippen LogP contribution in [0.3, 0.4) is 0 Å². The molecule has 0 saturated carbocycles. The van der Waals surface area contributed by atoms with Crippen molar-refractivity contribution >= 4 is 39.3 Å². The fourth-order valence-electron chi connectivity index (χ4n) is 2.66. The Morgan fingerprint density at radius 2 is 2.00 bits per heavy atom.